The number of carbonyl (C=O) groups is 1. The van der Waals surface area contributed by atoms with Crippen molar-refractivity contribution in [2.45, 2.75) is 38.8 Å². The Kier molecular flexibility index (Phi) is 3.64. The summed E-state index contributed by atoms with van der Waals surface area (Å²) in [6.07, 6.45) is 7.64. The molecule has 0 bridgehead atoms. The molecule has 0 aromatic carbocycles. The van der Waals surface area contributed by atoms with Crippen molar-refractivity contribution in [3.8, 4) is 0 Å². The van der Waals surface area contributed by atoms with Gasteiger partial charge in [0, 0.05) is 11.6 Å². The first kappa shape index (κ1) is 11.9. The van der Waals surface area contributed by atoms with Crippen LogP contribution in [0.3, 0.4) is 0 Å². The molecule has 1 aliphatic carbocycles. The van der Waals surface area contributed by atoms with E-state index in [1.54, 1.807) is 13.0 Å². The van der Waals surface area contributed by atoms with E-state index in [0.29, 0.717) is 23.9 Å². The van der Waals surface area contributed by atoms with E-state index in [2.05, 4.69) is 17.5 Å². The quantitative estimate of drug-likeness (QED) is 0.787. The van der Waals surface area contributed by atoms with Gasteiger partial charge in [0.05, 0.1) is 6.54 Å². The van der Waals surface area contributed by atoms with Crippen molar-refractivity contribution in [3.63, 3.8) is 0 Å². The highest BCUT2D eigenvalue weighted by molar-refractivity contribution is 5.86. The number of carboxylic acid groups (broad SMARTS) is 1. The van der Waals surface area contributed by atoms with E-state index in [0.717, 1.165) is 19.3 Å². The number of hydrogen-bond donors (Lipinski definition) is 2. The Morgan fingerprint density at radius 2 is 2.41 bits per heavy atom. The van der Waals surface area contributed by atoms with Gasteiger partial charge in [0.1, 0.15) is 5.76 Å². The van der Waals surface area contributed by atoms with Crippen molar-refractivity contribution in [2.75, 3.05) is 0 Å². The Bertz CT molecular complexity index is 434. The highest BCUT2D eigenvalue weighted by Gasteiger charge is 2.15. The average Bonchev–Trinajstić information content (AvgIpc) is 2.69. The summed E-state index contributed by atoms with van der Waals surface area (Å²) in [6.45, 7) is 2.34. The lowest BCUT2D eigenvalue weighted by Gasteiger charge is -2.18. The van der Waals surface area contributed by atoms with Crippen molar-refractivity contribution in [1.82, 2.24) is 5.32 Å². The fourth-order valence-electron chi connectivity index (χ4n) is 2.07. The smallest absolute Gasteiger partial charge is 0.372 e. The molecular formula is C13H17NO3. The highest BCUT2D eigenvalue weighted by Crippen LogP contribution is 2.16. The average molecular weight is 235 g/mol. The number of allylic oxidation sites excluding steroid dienone is 1. The van der Waals surface area contributed by atoms with E-state index in [1.165, 1.54) is 0 Å². The monoisotopic (exact) mass is 235 g/mol. The lowest BCUT2D eigenvalue weighted by molar-refractivity contribution is 0.0659. The third kappa shape index (κ3) is 2.97. The van der Waals surface area contributed by atoms with Crippen LogP contribution in [0.15, 0.2) is 22.6 Å². The second-order valence-electron chi connectivity index (χ2n) is 4.39. The molecule has 0 aliphatic heterocycles. The van der Waals surface area contributed by atoms with Gasteiger partial charge < -0.3 is 14.8 Å². The second kappa shape index (κ2) is 5.19. The fraction of sp³-hybridized carbons (Fsp3) is 0.462. The molecule has 4 nitrogen and oxygen atoms in total. The Balaban J connectivity index is 1.92. The molecule has 1 aromatic heterocycles. The second-order valence-corrected chi connectivity index (χ2v) is 4.39. The van der Waals surface area contributed by atoms with Crippen LogP contribution in [-0.4, -0.2) is 17.1 Å². The number of aromatic carboxylic acids is 1. The molecule has 0 radical (unpaired) electrons. The number of furan rings is 1. The van der Waals surface area contributed by atoms with Crippen LogP contribution in [0.2, 0.25) is 0 Å². The Morgan fingerprint density at radius 1 is 1.59 bits per heavy atom. The topological polar surface area (TPSA) is 62.5 Å². The van der Waals surface area contributed by atoms with Crippen molar-refractivity contribution < 1.29 is 14.3 Å². The van der Waals surface area contributed by atoms with Crippen LogP contribution < -0.4 is 5.32 Å². The van der Waals surface area contributed by atoms with Gasteiger partial charge in [-0.1, -0.05) is 12.2 Å². The van der Waals surface area contributed by atoms with Crippen molar-refractivity contribution in [1.29, 1.82) is 0 Å². The van der Waals surface area contributed by atoms with Crippen molar-refractivity contribution in [2.24, 2.45) is 0 Å². The van der Waals surface area contributed by atoms with Crippen molar-refractivity contribution >= 4 is 5.97 Å². The predicted octanol–water partition coefficient (Wildman–Crippen LogP) is 2.48. The molecule has 17 heavy (non-hydrogen) atoms. The maximum absolute atomic E-state index is 10.8. The van der Waals surface area contributed by atoms with E-state index in [1.807, 2.05) is 0 Å². The molecule has 2 N–H and O–H groups in total. The van der Waals surface area contributed by atoms with Gasteiger partial charge in [-0.2, -0.15) is 0 Å². The normalized spacial score (nSPS) is 19.5. The lowest BCUT2D eigenvalue weighted by atomic mass is 10.0. The van der Waals surface area contributed by atoms with Crippen LogP contribution >= 0.6 is 0 Å². The third-order valence-electron chi connectivity index (χ3n) is 3.00. The number of aryl methyl sites for hydroxylation is 1. The summed E-state index contributed by atoms with van der Waals surface area (Å²) in [6, 6.07) is 2.26. The summed E-state index contributed by atoms with van der Waals surface area (Å²) < 4.78 is 5.29. The van der Waals surface area contributed by atoms with E-state index >= 15 is 0 Å². The molecule has 1 atom stereocenters. The summed E-state index contributed by atoms with van der Waals surface area (Å²) in [5, 5.41) is 12.3. The number of hydrogen-bond acceptors (Lipinski definition) is 3. The summed E-state index contributed by atoms with van der Waals surface area (Å²) in [5.74, 6) is -0.269. The highest BCUT2D eigenvalue weighted by atomic mass is 16.4. The van der Waals surface area contributed by atoms with Gasteiger partial charge in [-0.3, -0.25) is 0 Å². The molecule has 0 amide bonds. The molecule has 1 unspecified atom stereocenters. The van der Waals surface area contributed by atoms with Crippen LogP contribution in [0.1, 0.15) is 41.1 Å². The molecule has 0 saturated heterocycles. The Morgan fingerprint density at radius 3 is 3.00 bits per heavy atom. The molecule has 0 spiro atoms. The maximum Gasteiger partial charge on any atom is 0.372 e. The molecule has 4 heteroatoms. The summed E-state index contributed by atoms with van der Waals surface area (Å²) in [7, 11) is 0. The van der Waals surface area contributed by atoms with Gasteiger partial charge in [0.15, 0.2) is 0 Å². The van der Waals surface area contributed by atoms with Crippen LogP contribution in [0.5, 0.6) is 0 Å². The molecule has 2 rings (SSSR count). The minimum atomic E-state index is -1.01. The first-order chi connectivity index (χ1) is 8.16. The van der Waals surface area contributed by atoms with E-state index in [9.17, 15) is 4.79 Å². The van der Waals surface area contributed by atoms with Crippen LogP contribution in [0.25, 0.3) is 0 Å². The van der Waals surface area contributed by atoms with Gasteiger partial charge in [0.2, 0.25) is 5.76 Å². The molecule has 0 saturated carbocycles. The van der Waals surface area contributed by atoms with Gasteiger partial charge >= 0.3 is 5.97 Å². The third-order valence-corrected chi connectivity index (χ3v) is 3.00. The van der Waals surface area contributed by atoms with Gasteiger partial charge in [0.25, 0.3) is 0 Å². The fourth-order valence-corrected chi connectivity index (χ4v) is 2.07. The molecule has 1 heterocycles. The van der Waals surface area contributed by atoms with Gasteiger partial charge in [-0.05, 0) is 32.3 Å². The largest absolute Gasteiger partial charge is 0.475 e. The van der Waals surface area contributed by atoms with E-state index in [-0.39, 0.29) is 5.76 Å². The molecule has 1 aliphatic rings. The SMILES string of the molecule is Cc1cc(CNC2CC=CCC2)oc1C(=O)O. The standard InChI is InChI=1S/C13H17NO3/c1-9-7-11(17-12(9)13(15)16)8-14-10-5-3-2-4-6-10/h2-3,7,10,14H,4-6,8H2,1H3,(H,15,16). The summed E-state index contributed by atoms with van der Waals surface area (Å²) in [5.41, 5.74) is 0.679. The molecule has 1 aromatic rings. The summed E-state index contributed by atoms with van der Waals surface area (Å²) >= 11 is 0. The predicted molar refractivity (Wildman–Crippen MR) is 64.0 cm³/mol. The minimum absolute atomic E-state index is 0.0466. The zero-order valence-electron chi connectivity index (χ0n) is 9.90. The number of nitrogens with one attached hydrogen (secondary N) is 1. The minimum Gasteiger partial charge on any atom is -0.475 e. The Hall–Kier alpha value is -1.55. The van der Waals surface area contributed by atoms with Crippen LogP contribution in [-0.2, 0) is 6.54 Å². The Labute approximate surface area is 100 Å². The first-order valence-corrected chi connectivity index (χ1v) is 5.88. The van der Waals surface area contributed by atoms with Crippen LogP contribution in [0, 0.1) is 6.92 Å². The van der Waals surface area contributed by atoms with Gasteiger partial charge in [-0.15, -0.1) is 0 Å². The van der Waals surface area contributed by atoms with Gasteiger partial charge in [-0.25, -0.2) is 4.79 Å². The zero-order chi connectivity index (χ0) is 12.3. The summed E-state index contributed by atoms with van der Waals surface area (Å²) in [4.78, 5) is 10.8. The number of rotatable bonds is 4. The van der Waals surface area contributed by atoms with E-state index < -0.39 is 5.97 Å². The van der Waals surface area contributed by atoms with E-state index in [4.69, 9.17) is 9.52 Å². The lowest BCUT2D eigenvalue weighted by Crippen LogP contribution is -2.28. The molecule has 0 fully saturated rings. The van der Waals surface area contributed by atoms with Crippen LogP contribution in [0.4, 0.5) is 0 Å². The first-order valence-electron chi connectivity index (χ1n) is 5.88. The van der Waals surface area contributed by atoms with Crippen molar-refractivity contribution in [3.05, 3.63) is 35.3 Å². The molecule has 92 valence electrons. The maximum atomic E-state index is 10.8. The zero-order valence-corrected chi connectivity index (χ0v) is 9.90. The molecular weight excluding hydrogens is 218 g/mol. The number of carboxylic acids is 1.